The molecule has 1 fully saturated rings. The minimum atomic E-state index is -0.399. The van der Waals surface area contributed by atoms with Gasteiger partial charge in [0, 0.05) is 30.5 Å². The van der Waals surface area contributed by atoms with Crippen molar-refractivity contribution in [3.8, 4) is 11.5 Å². The second-order valence-corrected chi connectivity index (χ2v) is 7.99. The second-order valence-electron chi connectivity index (χ2n) is 6.91. The molecule has 0 spiro atoms. The molecule has 1 saturated heterocycles. The summed E-state index contributed by atoms with van der Waals surface area (Å²) in [6, 6.07) is 5.06. The smallest absolute Gasteiger partial charge is 0.276 e. The first-order valence-electron chi connectivity index (χ1n) is 9.38. The quantitative estimate of drug-likeness (QED) is 0.699. The normalized spacial score (nSPS) is 18.6. The number of hydrogen-bond acceptors (Lipinski definition) is 8. The highest BCUT2D eigenvalue weighted by Gasteiger charge is 2.29. The van der Waals surface area contributed by atoms with E-state index in [1.54, 1.807) is 23.1 Å². The molecule has 2 amide bonds. The summed E-state index contributed by atoms with van der Waals surface area (Å²) in [5, 5.41) is 7.27. The van der Waals surface area contributed by atoms with Crippen LogP contribution in [0.15, 0.2) is 33.4 Å². The van der Waals surface area contributed by atoms with Crippen LogP contribution in [0.4, 0.5) is 5.13 Å². The third-order valence-corrected chi connectivity index (χ3v) is 5.96. The first kappa shape index (κ1) is 18.1. The molecule has 1 atom stereocenters. The molecule has 0 aliphatic carbocycles. The highest BCUT2D eigenvalue weighted by molar-refractivity contribution is 7.15. The van der Waals surface area contributed by atoms with Crippen LogP contribution in [0.3, 0.4) is 0 Å². The molecular formula is C19H18N4O5S. The van der Waals surface area contributed by atoms with Crippen molar-refractivity contribution in [2.45, 2.75) is 31.9 Å². The molecule has 0 unspecified atom stereocenters. The Hall–Kier alpha value is -2.98. The summed E-state index contributed by atoms with van der Waals surface area (Å²) in [5.41, 5.74) is 1.15. The SMILES string of the molecule is O=C(Nc1nc2c(s1)CN(C(=O)c1cc(-c3ccco3)on1)CC2)[C@H]1CCCO1. The van der Waals surface area contributed by atoms with Gasteiger partial charge in [-0.05, 0) is 25.0 Å². The van der Waals surface area contributed by atoms with Gasteiger partial charge in [0.15, 0.2) is 16.6 Å². The zero-order valence-electron chi connectivity index (χ0n) is 15.4. The Bertz CT molecular complexity index is 1040. The molecule has 0 aromatic carbocycles. The lowest BCUT2D eigenvalue weighted by molar-refractivity contribution is -0.124. The fourth-order valence-corrected chi connectivity index (χ4v) is 4.49. The van der Waals surface area contributed by atoms with Crippen LogP contribution in [0, 0.1) is 0 Å². The minimum absolute atomic E-state index is 0.158. The third kappa shape index (κ3) is 3.56. The van der Waals surface area contributed by atoms with Crippen LogP contribution in [0.25, 0.3) is 11.5 Å². The highest BCUT2D eigenvalue weighted by Crippen LogP contribution is 2.30. The molecule has 5 heterocycles. The molecule has 2 aliphatic rings. The number of nitrogens with zero attached hydrogens (tertiary/aromatic N) is 3. The van der Waals surface area contributed by atoms with E-state index in [-0.39, 0.29) is 17.5 Å². The van der Waals surface area contributed by atoms with E-state index in [0.29, 0.717) is 42.8 Å². The van der Waals surface area contributed by atoms with Gasteiger partial charge in [0.1, 0.15) is 6.10 Å². The largest absolute Gasteiger partial charge is 0.461 e. The zero-order valence-corrected chi connectivity index (χ0v) is 16.2. The number of amides is 2. The Labute approximate surface area is 169 Å². The molecule has 9 nitrogen and oxygen atoms in total. The Morgan fingerprint density at radius 2 is 2.24 bits per heavy atom. The highest BCUT2D eigenvalue weighted by atomic mass is 32.1. The minimum Gasteiger partial charge on any atom is -0.461 e. The summed E-state index contributed by atoms with van der Waals surface area (Å²) in [4.78, 5) is 32.2. The molecule has 3 aromatic heterocycles. The third-order valence-electron chi connectivity index (χ3n) is 4.96. The Morgan fingerprint density at radius 1 is 1.31 bits per heavy atom. The summed E-state index contributed by atoms with van der Waals surface area (Å²) >= 11 is 1.39. The Morgan fingerprint density at radius 3 is 3.03 bits per heavy atom. The summed E-state index contributed by atoms with van der Waals surface area (Å²) in [5.74, 6) is 0.560. The predicted molar refractivity (Wildman–Crippen MR) is 102 cm³/mol. The number of ether oxygens (including phenoxy) is 1. The van der Waals surface area contributed by atoms with Crippen LogP contribution < -0.4 is 5.32 Å². The number of carbonyl (C=O) groups is 2. The van der Waals surface area contributed by atoms with Crippen molar-refractivity contribution in [2.75, 3.05) is 18.5 Å². The lowest BCUT2D eigenvalue weighted by Gasteiger charge is -2.25. The summed E-state index contributed by atoms with van der Waals surface area (Å²) in [7, 11) is 0. The van der Waals surface area contributed by atoms with Gasteiger partial charge >= 0.3 is 0 Å². The second kappa shape index (κ2) is 7.45. The van der Waals surface area contributed by atoms with Gasteiger partial charge in [0.05, 0.1) is 18.5 Å². The first-order valence-corrected chi connectivity index (χ1v) is 10.2. The number of anilines is 1. The van der Waals surface area contributed by atoms with E-state index >= 15 is 0 Å². The number of carbonyl (C=O) groups excluding carboxylic acids is 2. The molecule has 0 saturated carbocycles. The van der Waals surface area contributed by atoms with Crippen molar-refractivity contribution in [3.63, 3.8) is 0 Å². The molecule has 0 radical (unpaired) electrons. The van der Waals surface area contributed by atoms with Crippen LogP contribution in [-0.2, 0) is 22.5 Å². The van der Waals surface area contributed by atoms with E-state index in [9.17, 15) is 9.59 Å². The summed E-state index contributed by atoms with van der Waals surface area (Å²) in [6.45, 7) is 1.56. The maximum absolute atomic E-state index is 12.8. The Balaban J connectivity index is 1.26. The maximum Gasteiger partial charge on any atom is 0.276 e. The van der Waals surface area contributed by atoms with Crippen LogP contribution in [0.2, 0.25) is 0 Å². The predicted octanol–water partition coefficient (Wildman–Crippen LogP) is 2.71. The van der Waals surface area contributed by atoms with Gasteiger partial charge in [-0.3, -0.25) is 14.9 Å². The summed E-state index contributed by atoms with van der Waals surface area (Å²) in [6.07, 6.45) is 3.38. The number of furan rings is 1. The van der Waals surface area contributed by atoms with Crippen LogP contribution in [0.5, 0.6) is 0 Å². The Kier molecular flexibility index (Phi) is 4.64. The van der Waals surface area contributed by atoms with Crippen molar-refractivity contribution in [1.82, 2.24) is 15.0 Å². The van der Waals surface area contributed by atoms with Crippen LogP contribution >= 0.6 is 11.3 Å². The average molecular weight is 414 g/mol. The first-order chi connectivity index (χ1) is 14.2. The average Bonchev–Trinajstić information content (AvgIpc) is 3.53. The molecule has 10 heteroatoms. The number of thiazole rings is 1. The number of hydrogen-bond donors (Lipinski definition) is 1. The van der Waals surface area contributed by atoms with E-state index in [2.05, 4.69) is 15.5 Å². The van der Waals surface area contributed by atoms with E-state index < -0.39 is 6.10 Å². The summed E-state index contributed by atoms with van der Waals surface area (Å²) < 4.78 is 15.9. The monoisotopic (exact) mass is 414 g/mol. The van der Waals surface area contributed by atoms with Crippen molar-refractivity contribution >= 4 is 28.3 Å². The van der Waals surface area contributed by atoms with Crippen LogP contribution in [0.1, 0.15) is 33.9 Å². The van der Waals surface area contributed by atoms with Gasteiger partial charge in [-0.1, -0.05) is 16.5 Å². The van der Waals surface area contributed by atoms with E-state index in [4.69, 9.17) is 13.7 Å². The lowest BCUT2D eigenvalue weighted by atomic mass is 10.1. The molecule has 0 bridgehead atoms. The topological polar surface area (TPSA) is 111 Å². The molecule has 2 aliphatic heterocycles. The van der Waals surface area contributed by atoms with Crippen molar-refractivity contribution in [3.05, 3.63) is 40.7 Å². The standard InChI is InChI=1S/C19H18N4O5S/c24-17(14-4-2-8-27-14)21-19-20-11-5-6-23(10-16(11)29-19)18(25)12-9-15(28-22-12)13-3-1-7-26-13/h1,3,7,9,14H,2,4-6,8,10H2,(H,20,21,24)/t14-/m1/s1. The zero-order chi connectivity index (χ0) is 19.8. The number of aromatic nitrogens is 2. The molecule has 150 valence electrons. The number of fused-ring (bicyclic) bond motifs is 1. The molecule has 3 aromatic rings. The maximum atomic E-state index is 12.8. The molecular weight excluding hydrogens is 396 g/mol. The number of nitrogens with one attached hydrogen (secondary N) is 1. The van der Waals surface area contributed by atoms with Crippen LogP contribution in [-0.4, -0.2) is 46.1 Å². The van der Waals surface area contributed by atoms with Crippen molar-refractivity contribution in [1.29, 1.82) is 0 Å². The number of rotatable bonds is 4. The molecule has 29 heavy (non-hydrogen) atoms. The van der Waals surface area contributed by atoms with E-state index in [1.165, 1.54) is 17.6 Å². The lowest BCUT2D eigenvalue weighted by Crippen LogP contribution is -2.35. The van der Waals surface area contributed by atoms with Gasteiger partial charge in [0.2, 0.25) is 5.76 Å². The fourth-order valence-electron chi connectivity index (χ4n) is 3.47. The van der Waals surface area contributed by atoms with Crippen molar-refractivity contribution < 1.29 is 23.3 Å². The van der Waals surface area contributed by atoms with E-state index in [1.807, 2.05) is 0 Å². The van der Waals surface area contributed by atoms with Gasteiger partial charge in [-0.2, -0.15) is 0 Å². The fraction of sp³-hybridized carbons (Fsp3) is 0.368. The molecule has 1 N–H and O–H groups in total. The van der Waals surface area contributed by atoms with Gasteiger partial charge < -0.3 is 18.6 Å². The van der Waals surface area contributed by atoms with Gasteiger partial charge in [-0.25, -0.2) is 4.98 Å². The van der Waals surface area contributed by atoms with E-state index in [0.717, 1.165) is 23.4 Å². The van der Waals surface area contributed by atoms with Crippen molar-refractivity contribution in [2.24, 2.45) is 0 Å². The van der Waals surface area contributed by atoms with Gasteiger partial charge in [0.25, 0.3) is 11.8 Å². The molecule has 5 rings (SSSR count). The van der Waals surface area contributed by atoms with Gasteiger partial charge in [-0.15, -0.1) is 0 Å².